The van der Waals surface area contributed by atoms with E-state index in [2.05, 4.69) is 35.8 Å². The molecule has 0 bridgehead atoms. The van der Waals surface area contributed by atoms with Gasteiger partial charge in [0.25, 0.3) is 10.1 Å². The van der Waals surface area contributed by atoms with Gasteiger partial charge >= 0.3 is 5.97 Å². The molecule has 0 saturated carbocycles. The van der Waals surface area contributed by atoms with Gasteiger partial charge in [0.2, 0.25) is 0 Å². The smallest absolute Gasteiger partial charge is 0.306 e. The zero-order chi connectivity index (χ0) is 19.9. The van der Waals surface area contributed by atoms with E-state index in [0.717, 1.165) is 38.4 Å². The van der Waals surface area contributed by atoms with Crippen LogP contribution in [0.25, 0.3) is 0 Å². The molecule has 0 aliphatic heterocycles. The summed E-state index contributed by atoms with van der Waals surface area (Å²) in [4.78, 5) is 10.9. The number of esters is 1. The quantitative estimate of drug-likeness (QED) is 0.400. The van der Waals surface area contributed by atoms with Crippen LogP contribution in [0.15, 0.2) is 0 Å². The van der Waals surface area contributed by atoms with E-state index in [1.165, 1.54) is 7.11 Å². The van der Waals surface area contributed by atoms with Crippen LogP contribution in [0.2, 0.25) is 0 Å². The molecule has 0 radical (unpaired) electrons. The molecule has 0 amide bonds. The molecule has 25 heavy (non-hydrogen) atoms. The van der Waals surface area contributed by atoms with Crippen molar-refractivity contribution in [3.05, 3.63) is 0 Å². The summed E-state index contributed by atoms with van der Waals surface area (Å²) in [5, 5.41) is 8.83. The normalized spacial score (nSPS) is 14.4. The van der Waals surface area contributed by atoms with Crippen molar-refractivity contribution >= 4 is 16.1 Å². The predicted molar refractivity (Wildman–Crippen MR) is 99.3 cm³/mol. The van der Waals surface area contributed by atoms with Gasteiger partial charge in [-0.3, -0.25) is 8.98 Å². The Morgan fingerprint density at radius 3 is 2.04 bits per heavy atom. The van der Waals surface area contributed by atoms with Gasteiger partial charge in [-0.25, -0.2) is 0 Å². The van der Waals surface area contributed by atoms with E-state index in [1.54, 1.807) is 0 Å². The summed E-state index contributed by atoms with van der Waals surface area (Å²) in [5.74, 6) is 0.355. The van der Waals surface area contributed by atoms with Gasteiger partial charge in [0, 0.05) is 0 Å². The van der Waals surface area contributed by atoms with E-state index >= 15 is 0 Å². The lowest BCUT2D eigenvalue weighted by molar-refractivity contribution is -0.141. The van der Waals surface area contributed by atoms with Crippen LogP contribution >= 0.6 is 0 Å². The van der Waals surface area contributed by atoms with Crippen LogP contribution in [-0.4, -0.2) is 34.4 Å². The van der Waals surface area contributed by atoms with E-state index in [1.807, 2.05) is 6.92 Å². The van der Waals surface area contributed by atoms with Crippen LogP contribution in [0, 0.1) is 29.1 Å². The second-order valence-corrected chi connectivity index (χ2v) is 8.26. The number of carbonyl (C=O) groups is 1. The van der Waals surface area contributed by atoms with Crippen LogP contribution < -0.4 is 0 Å². The van der Waals surface area contributed by atoms with Crippen LogP contribution in [0.5, 0.6) is 0 Å². The van der Waals surface area contributed by atoms with Gasteiger partial charge in [0.05, 0.1) is 38.4 Å². The number of methoxy groups -OCH3 is 1. The minimum absolute atomic E-state index is 0.191. The molecular formula is C18H35NO5S. The van der Waals surface area contributed by atoms with Crippen molar-refractivity contribution in [2.24, 2.45) is 17.8 Å². The molecule has 0 aromatic carbocycles. The Labute approximate surface area is 154 Å². The van der Waals surface area contributed by atoms with E-state index in [-0.39, 0.29) is 18.3 Å². The lowest BCUT2D eigenvalue weighted by Gasteiger charge is -2.13. The number of hydrogen-bond donors (Lipinski definition) is 0. The van der Waals surface area contributed by atoms with Crippen molar-refractivity contribution in [2.45, 2.75) is 66.2 Å². The van der Waals surface area contributed by atoms with Gasteiger partial charge in [0.15, 0.2) is 0 Å². The first-order valence-corrected chi connectivity index (χ1v) is 10.7. The average molecular weight is 378 g/mol. The van der Waals surface area contributed by atoms with E-state index in [4.69, 9.17) is 5.26 Å². The van der Waals surface area contributed by atoms with Crippen molar-refractivity contribution < 1.29 is 22.1 Å². The van der Waals surface area contributed by atoms with Crippen LogP contribution in [0.3, 0.4) is 0 Å². The molecule has 148 valence electrons. The summed E-state index contributed by atoms with van der Waals surface area (Å²) in [7, 11) is -1.88. The molecule has 0 rings (SSSR count). The summed E-state index contributed by atoms with van der Waals surface area (Å²) >= 11 is 0. The molecular weight excluding hydrogens is 342 g/mol. The Morgan fingerprint density at radius 1 is 1.12 bits per heavy atom. The van der Waals surface area contributed by atoms with Gasteiger partial charge in [-0.2, -0.15) is 13.7 Å². The first-order valence-electron chi connectivity index (χ1n) is 8.90. The van der Waals surface area contributed by atoms with Gasteiger partial charge in [-0.05, 0) is 24.7 Å². The second-order valence-electron chi connectivity index (χ2n) is 6.62. The van der Waals surface area contributed by atoms with Gasteiger partial charge in [-0.1, -0.05) is 47.0 Å². The van der Waals surface area contributed by atoms with Crippen molar-refractivity contribution in [1.29, 1.82) is 5.26 Å². The molecule has 7 heteroatoms. The zero-order valence-electron chi connectivity index (χ0n) is 16.6. The Kier molecular flexibility index (Phi) is 15.8. The van der Waals surface area contributed by atoms with E-state index < -0.39 is 10.1 Å². The lowest BCUT2D eigenvalue weighted by Crippen LogP contribution is -2.11. The minimum Gasteiger partial charge on any atom is -0.469 e. The first kappa shape index (κ1) is 26.1. The molecule has 0 aliphatic rings. The van der Waals surface area contributed by atoms with Crippen molar-refractivity contribution in [2.75, 3.05) is 20.0 Å². The van der Waals surface area contributed by atoms with E-state index in [0.29, 0.717) is 18.4 Å². The van der Waals surface area contributed by atoms with Crippen LogP contribution in [0.4, 0.5) is 0 Å². The Morgan fingerprint density at radius 2 is 1.64 bits per heavy atom. The molecule has 0 spiro atoms. The number of hydrogen-bond acceptors (Lipinski definition) is 6. The molecule has 1 unspecified atom stereocenters. The second kappa shape index (κ2) is 15.2. The standard InChI is InChI=1S/C11H19NO2.C7H16O3S/c1-4-5-9(2)6-10(8-12)7-11(13)14-3;1-4-5-7(2)6-10-11(3,8)9/h9-10H,4-7H2,1-3H3;7H,4-6H2,1-3H3/t9-,10+;/m1./s1. The lowest BCUT2D eigenvalue weighted by atomic mass is 9.91. The molecule has 0 aliphatic carbocycles. The fourth-order valence-corrected chi connectivity index (χ4v) is 2.86. The fraction of sp³-hybridized carbons (Fsp3) is 0.889. The average Bonchev–Trinajstić information content (AvgIpc) is 2.52. The van der Waals surface area contributed by atoms with Crippen LogP contribution in [0.1, 0.15) is 66.2 Å². The molecule has 6 nitrogen and oxygen atoms in total. The molecule has 0 aromatic rings. The Bertz CT molecular complexity index is 484. The largest absolute Gasteiger partial charge is 0.469 e. The summed E-state index contributed by atoms with van der Waals surface area (Å²) in [6.45, 7) is 8.60. The Hall–Kier alpha value is -1.13. The predicted octanol–water partition coefficient (Wildman–Crippen LogP) is 3.91. The highest BCUT2D eigenvalue weighted by Gasteiger charge is 2.16. The molecule has 0 heterocycles. The third kappa shape index (κ3) is 19.0. The summed E-state index contributed by atoms with van der Waals surface area (Å²) in [6.07, 6.45) is 6.40. The third-order valence-electron chi connectivity index (χ3n) is 3.64. The molecule has 3 atom stereocenters. The first-order chi connectivity index (χ1) is 11.6. The number of ether oxygens (including phenoxy) is 1. The maximum absolute atomic E-state index is 10.9. The molecule has 0 N–H and O–H groups in total. The topological polar surface area (TPSA) is 93.5 Å². The van der Waals surface area contributed by atoms with Gasteiger partial charge in [0.1, 0.15) is 0 Å². The third-order valence-corrected chi connectivity index (χ3v) is 4.20. The van der Waals surface area contributed by atoms with Crippen molar-refractivity contribution in [3.63, 3.8) is 0 Å². The summed E-state index contributed by atoms with van der Waals surface area (Å²) in [5.41, 5.74) is 0. The highest BCUT2D eigenvalue weighted by Crippen LogP contribution is 2.19. The molecule has 0 fully saturated rings. The van der Waals surface area contributed by atoms with Crippen molar-refractivity contribution in [1.82, 2.24) is 0 Å². The summed E-state index contributed by atoms with van der Waals surface area (Å²) in [6, 6.07) is 2.16. The number of carbonyl (C=O) groups excluding carboxylic acids is 1. The monoisotopic (exact) mass is 377 g/mol. The van der Waals surface area contributed by atoms with Crippen molar-refractivity contribution in [3.8, 4) is 6.07 Å². The maximum atomic E-state index is 10.9. The number of nitriles is 1. The number of nitrogens with zero attached hydrogens (tertiary/aromatic N) is 1. The number of rotatable bonds is 11. The summed E-state index contributed by atoms with van der Waals surface area (Å²) < 4.78 is 30.2. The Balaban J connectivity index is 0. The highest BCUT2D eigenvalue weighted by molar-refractivity contribution is 7.85. The minimum atomic E-state index is -3.24. The van der Waals surface area contributed by atoms with Gasteiger partial charge < -0.3 is 4.74 Å². The maximum Gasteiger partial charge on any atom is 0.306 e. The van der Waals surface area contributed by atoms with E-state index in [9.17, 15) is 13.2 Å². The SMILES string of the molecule is CCCC(C)COS(C)(=O)=O.CCC[C@@H](C)C[C@H](C#N)CC(=O)OC. The fourth-order valence-electron chi connectivity index (χ4n) is 2.38. The zero-order valence-corrected chi connectivity index (χ0v) is 17.4. The van der Waals surface area contributed by atoms with Crippen LogP contribution in [-0.2, 0) is 23.8 Å². The molecule has 0 aromatic heterocycles. The molecule has 0 saturated heterocycles. The highest BCUT2D eigenvalue weighted by atomic mass is 32.2. The van der Waals surface area contributed by atoms with Gasteiger partial charge in [-0.15, -0.1) is 0 Å².